The Balaban J connectivity index is 1.73. The molecule has 3 rings (SSSR count). The molecule has 1 aliphatic heterocycles. The molecule has 1 saturated heterocycles. The standard InChI is InChI=1S/C18H19N3O3/c1-20-8-9-21(12-16(20)18(22)23)11-14-6-7-17(24-14)15-5-3-2-4-13(15)10-19/h2-7,16H,8-9,11-12H2,1H3,(H,22,23). The predicted molar refractivity (Wildman–Crippen MR) is 88.2 cm³/mol. The second kappa shape index (κ2) is 6.87. The Hall–Kier alpha value is -2.62. The number of piperazine rings is 1. The van der Waals surface area contributed by atoms with E-state index in [0.717, 1.165) is 17.9 Å². The largest absolute Gasteiger partial charge is 0.480 e. The van der Waals surface area contributed by atoms with E-state index in [1.807, 2.05) is 42.3 Å². The van der Waals surface area contributed by atoms with Crippen molar-refractivity contribution < 1.29 is 14.3 Å². The van der Waals surface area contributed by atoms with Crippen LogP contribution in [0.1, 0.15) is 11.3 Å². The number of rotatable bonds is 4. The molecule has 1 aromatic carbocycles. The lowest BCUT2D eigenvalue weighted by Gasteiger charge is -2.36. The van der Waals surface area contributed by atoms with Crippen molar-refractivity contribution in [2.75, 3.05) is 26.7 Å². The zero-order valence-corrected chi connectivity index (χ0v) is 13.5. The van der Waals surface area contributed by atoms with Gasteiger partial charge >= 0.3 is 5.97 Å². The highest BCUT2D eigenvalue weighted by Gasteiger charge is 2.30. The zero-order valence-electron chi connectivity index (χ0n) is 13.5. The maximum absolute atomic E-state index is 11.3. The summed E-state index contributed by atoms with van der Waals surface area (Å²) in [5.41, 5.74) is 1.34. The fourth-order valence-electron chi connectivity index (χ4n) is 2.96. The normalized spacial score (nSPS) is 19.1. The number of hydrogen-bond acceptors (Lipinski definition) is 5. The minimum Gasteiger partial charge on any atom is -0.480 e. The molecule has 6 heteroatoms. The van der Waals surface area contributed by atoms with Gasteiger partial charge in [-0.05, 0) is 31.3 Å². The third-order valence-corrected chi connectivity index (χ3v) is 4.37. The summed E-state index contributed by atoms with van der Waals surface area (Å²) in [6, 6.07) is 12.7. The molecule has 1 aromatic heterocycles. The molecule has 0 saturated carbocycles. The smallest absolute Gasteiger partial charge is 0.322 e. The van der Waals surface area contributed by atoms with Crippen LogP contribution in [0.4, 0.5) is 0 Å². The van der Waals surface area contributed by atoms with Crippen LogP contribution in [0.3, 0.4) is 0 Å². The fourth-order valence-corrected chi connectivity index (χ4v) is 2.96. The van der Waals surface area contributed by atoms with E-state index in [9.17, 15) is 15.2 Å². The highest BCUT2D eigenvalue weighted by molar-refractivity contribution is 5.73. The van der Waals surface area contributed by atoms with E-state index in [1.165, 1.54) is 0 Å². The Labute approximate surface area is 140 Å². The molecule has 0 aliphatic carbocycles. The molecule has 124 valence electrons. The Kier molecular flexibility index (Phi) is 4.65. The predicted octanol–water partition coefficient (Wildman–Crippen LogP) is 2.02. The van der Waals surface area contributed by atoms with Crippen molar-refractivity contribution in [1.82, 2.24) is 9.80 Å². The van der Waals surface area contributed by atoms with Gasteiger partial charge in [0.05, 0.1) is 18.2 Å². The Bertz CT molecular complexity index is 778. The number of carbonyl (C=O) groups is 1. The van der Waals surface area contributed by atoms with E-state index in [1.54, 1.807) is 6.07 Å². The van der Waals surface area contributed by atoms with Crippen LogP contribution in [0, 0.1) is 11.3 Å². The first-order chi connectivity index (χ1) is 11.6. The topological polar surface area (TPSA) is 80.7 Å². The molecular formula is C18H19N3O3. The first-order valence-corrected chi connectivity index (χ1v) is 7.82. The zero-order chi connectivity index (χ0) is 17.1. The van der Waals surface area contributed by atoms with Gasteiger partial charge in [0.25, 0.3) is 0 Å². The van der Waals surface area contributed by atoms with Crippen LogP contribution < -0.4 is 0 Å². The molecule has 0 radical (unpaired) electrons. The molecule has 0 amide bonds. The molecule has 2 heterocycles. The molecular weight excluding hydrogens is 306 g/mol. The number of nitrogens with zero attached hydrogens (tertiary/aromatic N) is 3. The quantitative estimate of drug-likeness (QED) is 0.926. The lowest BCUT2D eigenvalue weighted by molar-refractivity contribution is -0.145. The maximum atomic E-state index is 11.3. The number of likely N-dealkylation sites (N-methyl/N-ethyl adjacent to an activating group) is 1. The number of aliphatic carboxylic acids is 1. The van der Waals surface area contributed by atoms with E-state index in [0.29, 0.717) is 31.0 Å². The molecule has 1 fully saturated rings. The summed E-state index contributed by atoms with van der Waals surface area (Å²) in [5, 5.41) is 18.5. The van der Waals surface area contributed by atoms with E-state index in [-0.39, 0.29) is 0 Å². The van der Waals surface area contributed by atoms with Gasteiger partial charge in [0, 0.05) is 25.2 Å². The third kappa shape index (κ3) is 3.32. The van der Waals surface area contributed by atoms with Crippen LogP contribution in [-0.2, 0) is 11.3 Å². The second-order valence-electron chi connectivity index (χ2n) is 5.99. The van der Waals surface area contributed by atoms with E-state index < -0.39 is 12.0 Å². The van der Waals surface area contributed by atoms with Crippen molar-refractivity contribution in [2.45, 2.75) is 12.6 Å². The number of hydrogen-bond donors (Lipinski definition) is 1. The summed E-state index contributed by atoms with van der Waals surface area (Å²) in [6.45, 7) is 2.54. The third-order valence-electron chi connectivity index (χ3n) is 4.37. The van der Waals surface area contributed by atoms with Crippen LogP contribution >= 0.6 is 0 Å². The monoisotopic (exact) mass is 325 g/mol. The number of furan rings is 1. The van der Waals surface area contributed by atoms with Crippen LogP contribution in [0.15, 0.2) is 40.8 Å². The summed E-state index contributed by atoms with van der Waals surface area (Å²) in [5.74, 6) is 0.628. The summed E-state index contributed by atoms with van der Waals surface area (Å²) in [7, 11) is 1.83. The molecule has 1 aliphatic rings. The summed E-state index contributed by atoms with van der Waals surface area (Å²) < 4.78 is 5.88. The highest BCUT2D eigenvalue weighted by Crippen LogP contribution is 2.26. The average molecular weight is 325 g/mol. The molecule has 1 atom stereocenters. The number of benzene rings is 1. The van der Waals surface area contributed by atoms with Gasteiger partial charge in [0.15, 0.2) is 0 Å². The van der Waals surface area contributed by atoms with Gasteiger partial charge in [-0.3, -0.25) is 14.6 Å². The summed E-state index contributed by atoms with van der Waals surface area (Å²) in [4.78, 5) is 15.2. The molecule has 2 aromatic rings. The van der Waals surface area contributed by atoms with Crippen molar-refractivity contribution >= 4 is 5.97 Å². The van der Waals surface area contributed by atoms with Crippen molar-refractivity contribution in [2.24, 2.45) is 0 Å². The molecule has 1 N–H and O–H groups in total. The second-order valence-corrected chi connectivity index (χ2v) is 5.99. The number of carboxylic acid groups (broad SMARTS) is 1. The van der Waals surface area contributed by atoms with Gasteiger partial charge in [0.2, 0.25) is 0 Å². The molecule has 24 heavy (non-hydrogen) atoms. The van der Waals surface area contributed by atoms with Crippen LogP contribution in [0.5, 0.6) is 0 Å². The fraction of sp³-hybridized carbons (Fsp3) is 0.333. The Morgan fingerprint density at radius 1 is 1.33 bits per heavy atom. The highest BCUT2D eigenvalue weighted by atomic mass is 16.4. The molecule has 6 nitrogen and oxygen atoms in total. The van der Waals surface area contributed by atoms with Crippen molar-refractivity contribution in [3.8, 4) is 17.4 Å². The summed E-state index contributed by atoms with van der Waals surface area (Å²) >= 11 is 0. The van der Waals surface area contributed by atoms with Crippen molar-refractivity contribution in [3.05, 3.63) is 47.7 Å². The Morgan fingerprint density at radius 3 is 2.88 bits per heavy atom. The first-order valence-electron chi connectivity index (χ1n) is 7.82. The van der Waals surface area contributed by atoms with Crippen LogP contribution in [0.2, 0.25) is 0 Å². The van der Waals surface area contributed by atoms with Crippen molar-refractivity contribution in [1.29, 1.82) is 5.26 Å². The number of nitriles is 1. The van der Waals surface area contributed by atoms with Crippen molar-refractivity contribution in [3.63, 3.8) is 0 Å². The van der Waals surface area contributed by atoms with Gasteiger partial charge < -0.3 is 9.52 Å². The van der Waals surface area contributed by atoms with Gasteiger partial charge in [0.1, 0.15) is 17.6 Å². The first kappa shape index (κ1) is 16.2. The minimum atomic E-state index is -0.801. The molecule has 1 unspecified atom stereocenters. The van der Waals surface area contributed by atoms with E-state index in [4.69, 9.17) is 4.42 Å². The molecule has 0 spiro atoms. The molecule has 0 bridgehead atoms. The minimum absolute atomic E-state index is 0.469. The lowest BCUT2D eigenvalue weighted by Crippen LogP contribution is -2.54. The SMILES string of the molecule is CN1CCN(Cc2ccc(-c3ccccc3C#N)o2)CC1C(=O)O. The Morgan fingerprint density at radius 2 is 2.12 bits per heavy atom. The lowest BCUT2D eigenvalue weighted by atomic mass is 10.1. The van der Waals surface area contributed by atoms with Gasteiger partial charge in [-0.15, -0.1) is 0 Å². The maximum Gasteiger partial charge on any atom is 0.322 e. The van der Waals surface area contributed by atoms with E-state index >= 15 is 0 Å². The van der Waals surface area contributed by atoms with Gasteiger partial charge in [-0.25, -0.2) is 0 Å². The summed E-state index contributed by atoms with van der Waals surface area (Å²) in [6.07, 6.45) is 0. The number of carboxylic acids is 1. The van der Waals surface area contributed by atoms with Gasteiger partial charge in [-0.2, -0.15) is 5.26 Å². The average Bonchev–Trinajstić information content (AvgIpc) is 3.04. The van der Waals surface area contributed by atoms with Crippen LogP contribution in [-0.4, -0.2) is 53.6 Å². The van der Waals surface area contributed by atoms with Crippen LogP contribution in [0.25, 0.3) is 11.3 Å². The van der Waals surface area contributed by atoms with Gasteiger partial charge in [-0.1, -0.05) is 12.1 Å². The van der Waals surface area contributed by atoms with E-state index in [2.05, 4.69) is 11.0 Å².